The predicted octanol–water partition coefficient (Wildman–Crippen LogP) is 4.58. The van der Waals surface area contributed by atoms with Crippen molar-refractivity contribution >= 4 is 16.9 Å². The lowest BCUT2D eigenvalue weighted by molar-refractivity contribution is 0.173. The molecule has 7 heteroatoms. The molecular formula is C22H25N3O3S. The third-order valence-electron chi connectivity index (χ3n) is 5.61. The van der Waals surface area contributed by atoms with E-state index in [-0.39, 0.29) is 18.9 Å². The van der Waals surface area contributed by atoms with Gasteiger partial charge in [-0.2, -0.15) is 0 Å². The highest BCUT2D eigenvalue weighted by molar-refractivity contribution is 8.14. The Kier molecular flexibility index (Phi) is 4.99. The Morgan fingerprint density at radius 1 is 1.21 bits per heavy atom. The number of fused-ring (bicyclic) bond motifs is 2. The number of pyridine rings is 1. The Labute approximate surface area is 175 Å². The number of hydrogen-bond donors (Lipinski definition) is 0. The zero-order chi connectivity index (χ0) is 19.8. The van der Waals surface area contributed by atoms with Crippen molar-refractivity contribution in [2.24, 2.45) is 4.99 Å². The Morgan fingerprint density at radius 3 is 2.83 bits per heavy atom. The first-order valence-corrected chi connectivity index (χ1v) is 11.2. The summed E-state index contributed by atoms with van der Waals surface area (Å²) in [7, 11) is 0. The lowest BCUT2D eigenvalue weighted by Crippen LogP contribution is -2.35. The number of benzene rings is 1. The van der Waals surface area contributed by atoms with Gasteiger partial charge >= 0.3 is 0 Å². The van der Waals surface area contributed by atoms with Crippen molar-refractivity contribution in [1.82, 2.24) is 9.88 Å². The fourth-order valence-electron chi connectivity index (χ4n) is 4.19. The molecule has 0 bridgehead atoms. The molecule has 0 N–H and O–H groups in total. The third-order valence-corrected chi connectivity index (χ3v) is 6.74. The van der Waals surface area contributed by atoms with Gasteiger partial charge in [0.15, 0.2) is 16.7 Å². The van der Waals surface area contributed by atoms with Gasteiger partial charge in [-0.05, 0) is 31.0 Å². The van der Waals surface area contributed by atoms with Crippen molar-refractivity contribution in [1.29, 1.82) is 0 Å². The molecule has 0 amide bonds. The van der Waals surface area contributed by atoms with Crippen molar-refractivity contribution in [3.8, 4) is 17.2 Å². The van der Waals surface area contributed by atoms with Crippen LogP contribution in [-0.2, 0) is 0 Å². The third kappa shape index (κ3) is 3.21. The normalized spacial score (nSPS) is 24.6. The summed E-state index contributed by atoms with van der Waals surface area (Å²) in [5.74, 6) is 3.44. The zero-order valence-electron chi connectivity index (χ0n) is 16.7. The summed E-state index contributed by atoms with van der Waals surface area (Å²) in [5.41, 5.74) is 2.08. The molecule has 152 valence electrons. The molecule has 0 aliphatic carbocycles. The number of aliphatic imine (C=N–C) groups is 1. The lowest BCUT2D eigenvalue weighted by atomic mass is 9.94. The van der Waals surface area contributed by atoms with Gasteiger partial charge < -0.3 is 19.1 Å². The van der Waals surface area contributed by atoms with Gasteiger partial charge in [-0.25, -0.2) is 0 Å². The minimum Gasteiger partial charge on any atom is -0.493 e. The number of aromatic nitrogens is 1. The minimum absolute atomic E-state index is 0.0289. The maximum Gasteiger partial charge on any atom is 0.231 e. The molecule has 1 aromatic heterocycles. The fourth-order valence-corrected chi connectivity index (χ4v) is 5.53. The van der Waals surface area contributed by atoms with E-state index in [2.05, 4.69) is 35.9 Å². The summed E-state index contributed by atoms with van der Waals surface area (Å²) in [6, 6.07) is 10.5. The van der Waals surface area contributed by atoms with Gasteiger partial charge in [0.05, 0.1) is 18.3 Å². The van der Waals surface area contributed by atoms with E-state index in [0.717, 1.165) is 52.3 Å². The molecule has 1 fully saturated rings. The van der Waals surface area contributed by atoms with E-state index in [0.29, 0.717) is 12.6 Å². The fraction of sp³-hybridized carbons (Fsp3) is 0.455. The van der Waals surface area contributed by atoms with Gasteiger partial charge in [0.2, 0.25) is 6.79 Å². The van der Waals surface area contributed by atoms with Crippen LogP contribution < -0.4 is 14.2 Å². The molecule has 3 aliphatic heterocycles. The first-order chi connectivity index (χ1) is 14.3. The summed E-state index contributed by atoms with van der Waals surface area (Å²) >= 11 is 1.84. The molecule has 5 rings (SSSR count). The van der Waals surface area contributed by atoms with Crippen LogP contribution in [-0.4, -0.2) is 40.2 Å². The monoisotopic (exact) mass is 411 g/mol. The molecule has 3 aliphatic rings. The van der Waals surface area contributed by atoms with Crippen LogP contribution in [0.15, 0.2) is 41.5 Å². The second kappa shape index (κ2) is 7.78. The summed E-state index contributed by atoms with van der Waals surface area (Å²) in [6.07, 6.45) is 3.86. The average Bonchev–Trinajstić information content (AvgIpc) is 3.46. The molecule has 3 atom stereocenters. The molecule has 0 spiro atoms. The van der Waals surface area contributed by atoms with Gasteiger partial charge in [0, 0.05) is 29.6 Å². The topological polar surface area (TPSA) is 56.2 Å². The van der Waals surface area contributed by atoms with E-state index in [1.54, 1.807) is 0 Å². The number of rotatable bonds is 6. The van der Waals surface area contributed by atoms with Crippen molar-refractivity contribution < 1.29 is 14.2 Å². The summed E-state index contributed by atoms with van der Waals surface area (Å²) < 4.78 is 17.5. The van der Waals surface area contributed by atoms with Crippen LogP contribution in [0.3, 0.4) is 0 Å². The summed E-state index contributed by atoms with van der Waals surface area (Å²) in [6.45, 7) is 5.27. The van der Waals surface area contributed by atoms with Gasteiger partial charge in [0.25, 0.3) is 0 Å². The predicted molar refractivity (Wildman–Crippen MR) is 114 cm³/mol. The van der Waals surface area contributed by atoms with Crippen molar-refractivity contribution in [3.63, 3.8) is 0 Å². The molecule has 2 aromatic rings. The lowest BCUT2D eigenvalue weighted by Gasteiger charge is -2.33. The quantitative estimate of drug-likeness (QED) is 0.694. The van der Waals surface area contributed by atoms with E-state index in [4.69, 9.17) is 19.2 Å². The highest BCUT2D eigenvalue weighted by Gasteiger charge is 2.47. The number of hydrogen-bond acceptors (Lipinski definition) is 7. The maximum absolute atomic E-state index is 6.19. The number of amidine groups is 1. The minimum atomic E-state index is -0.0719. The van der Waals surface area contributed by atoms with Crippen LogP contribution in [0, 0.1) is 0 Å². The number of ether oxygens (including phenoxy) is 3. The van der Waals surface area contributed by atoms with Crippen LogP contribution in [0.2, 0.25) is 0 Å². The smallest absolute Gasteiger partial charge is 0.231 e. The average molecular weight is 412 g/mol. The van der Waals surface area contributed by atoms with E-state index in [1.165, 1.54) is 0 Å². The molecule has 1 aromatic carbocycles. The van der Waals surface area contributed by atoms with Crippen molar-refractivity contribution in [2.45, 2.75) is 44.8 Å². The molecule has 29 heavy (non-hydrogen) atoms. The molecule has 1 saturated heterocycles. The molecular weight excluding hydrogens is 386 g/mol. The van der Waals surface area contributed by atoms with Crippen molar-refractivity contribution in [2.75, 3.05) is 19.2 Å². The molecule has 0 saturated carbocycles. The van der Waals surface area contributed by atoms with Gasteiger partial charge in [-0.15, -0.1) is 0 Å². The molecule has 0 radical (unpaired) electrons. The van der Waals surface area contributed by atoms with Crippen LogP contribution in [0.4, 0.5) is 0 Å². The van der Waals surface area contributed by atoms with Crippen molar-refractivity contribution in [3.05, 3.63) is 47.8 Å². The molecule has 6 nitrogen and oxygen atoms in total. The number of thioether (sulfide) groups is 1. The van der Waals surface area contributed by atoms with E-state index in [1.807, 2.05) is 36.2 Å². The Bertz CT molecular complexity index is 921. The van der Waals surface area contributed by atoms with Crippen LogP contribution in [0.5, 0.6) is 17.2 Å². The first-order valence-electron chi connectivity index (χ1n) is 10.3. The zero-order valence-corrected chi connectivity index (χ0v) is 17.5. The Hall–Kier alpha value is -2.41. The van der Waals surface area contributed by atoms with Crippen LogP contribution in [0.1, 0.15) is 50.0 Å². The second-order valence-corrected chi connectivity index (χ2v) is 8.42. The largest absolute Gasteiger partial charge is 0.493 e. The maximum atomic E-state index is 6.19. The van der Waals surface area contributed by atoms with E-state index < -0.39 is 0 Å². The first kappa shape index (κ1) is 18.6. The van der Waals surface area contributed by atoms with Gasteiger partial charge in [-0.1, -0.05) is 31.7 Å². The summed E-state index contributed by atoms with van der Waals surface area (Å²) in [4.78, 5) is 12.2. The van der Waals surface area contributed by atoms with Crippen LogP contribution >= 0.6 is 11.8 Å². The highest BCUT2D eigenvalue weighted by atomic mass is 32.2. The standard InChI is InChI=1S/C22H25N3O3S/c1-3-9-26-17-11-19-18(27-13-28-19)10-15(17)21-20(16-7-5-6-8-23-16)24-22-25(21)14(4-2)12-29-22/h5-8,10-11,14,20-21H,3-4,9,12-13H2,1-2H3/t14-,20-,21+/m1/s1. The van der Waals surface area contributed by atoms with E-state index in [9.17, 15) is 0 Å². The highest BCUT2D eigenvalue weighted by Crippen LogP contribution is 2.52. The molecule has 0 unspecified atom stereocenters. The van der Waals surface area contributed by atoms with E-state index >= 15 is 0 Å². The van der Waals surface area contributed by atoms with Gasteiger partial charge in [-0.3, -0.25) is 9.98 Å². The van der Waals surface area contributed by atoms with Crippen LogP contribution in [0.25, 0.3) is 0 Å². The Balaban J connectivity index is 1.63. The second-order valence-electron chi connectivity index (χ2n) is 7.43. The SMILES string of the molecule is CCCOc1cc2c(cc1[C@H]1[C@@H](c3ccccn3)N=C3SC[C@@H](CC)N31)OCO2. The summed E-state index contributed by atoms with van der Waals surface area (Å²) in [5, 5.41) is 1.11. The molecule has 4 heterocycles. The number of nitrogens with zero attached hydrogens (tertiary/aromatic N) is 3. The Morgan fingerprint density at radius 2 is 2.07 bits per heavy atom. The van der Waals surface area contributed by atoms with Gasteiger partial charge in [0.1, 0.15) is 11.8 Å².